The van der Waals surface area contributed by atoms with Gasteiger partial charge in [-0.25, -0.2) is 4.68 Å². The first-order chi connectivity index (χ1) is 18.6. The van der Waals surface area contributed by atoms with E-state index in [1.165, 1.54) is 24.0 Å². The molecule has 2 aromatic carbocycles. The smallest absolute Gasteiger partial charge is 0.252 e. The summed E-state index contributed by atoms with van der Waals surface area (Å²) in [6.45, 7) is 6.42. The molecule has 9 nitrogen and oxygen atoms in total. The highest BCUT2D eigenvalue weighted by atomic mass is 16.6. The number of aryl methyl sites for hydroxylation is 1. The molecule has 1 aliphatic heterocycles. The van der Waals surface area contributed by atoms with Crippen LogP contribution in [0.3, 0.4) is 0 Å². The number of aromatic nitrogens is 5. The van der Waals surface area contributed by atoms with Gasteiger partial charge in [-0.15, -0.1) is 5.10 Å². The van der Waals surface area contributed by atoms with Gasteiger partial charge in [0.15, 0.2) is 17.3 Å². The molecule has 4 aromatic rings. The molecule has 0 saturated heterocycles. The van der Waals surface area contributed by atoms with Gasteiger partial charge < -0.3 is 14.5 Å². The molecule has 1 fully saturated rings. The van der Waals surface area contributed by atoms with Crippen LogP contribution in [0, 0.1) is 6.92 Å². The normalized spacial score (nSPS) is 16.4. The van der Waals surface area contributed by atoms with Gasteiger partial charge in [-0.3, -0.25) is 9.69 Å². The Morgan fingerprint density at radius 1 is 1.05 bits per heavy atom. The largest absolute Gasteiger partial charge is 0.486 e. The number of hydrogen-bond donors (Lipinski definition) is 1. The summed E-state index contributed by atoms with van der Waals surface area (Å²) in [4.78, 5) is 18.7. The first kappa shape index (κ1) is 24.6. The minimum atomic E-state index is -0.103. The number of aromatic amines is 1. The summed E-state index contributed by atoms with van der Waals surface area (Å²) in [5, 5.41) is 13.9. The van der Waals surface area contributed by atoms with Crippen LogP contribution in [0.1, 0.15) is 73.6 Å². The van der Waals surface area contributed by atoms with E-state index in [1.54, 1.807) is 0 Å². The summed E-state index contributed by atoms with van der Waals surface area (Å²) in [6, 6.07) is 14.6. The second-order valence-corrected chi connectivity index (χ2v) is 10.4. The number of benzene rings is 2. The van der Waals surface area contributed by atoms with Crippen LogP contribution in [0.15, 0.2) is 47.3 Å². The molecule has 38 heavy (non-hydrogen) atoms. The van der Waals surface area contributed by atoms with E-state index in [9.17, 15) is 4.79 Å². The minimum absolute atomic E-state index is 0.0396. The molecule has 2 aliphatic rings. The van der Waals surface area contributed by atoms with Crippen LogP contribution in [-0.4, -0.2) is 43.3 Å². The van der Waals surface area contributed by atoms with Crippen LogP contribution in [0.25, 0.3) is 10.9 Å². The molecule has 2 aromatic heterocycles. The second kappa shape index (κ2) is 10.6. The summed E-state index contributed by atoms with van der Waals surface area (Å²) in [7, 11) is 0. The molecule has 1 atom stereocenters. The predicted molar refractivity (Wildman–Crippen MR) is 144 cm³/mol. The van der Waals surface area contributed by atoms with E-state index in [0.717, 1.165) is 36.0 Å². The summed E-state index contributed by atoms with van der Waals surface area (Å²) in [5.74, 6) is 2.25. The van der Waals surface area contributed by atoms with Crippen LogP contribution in [0.2, 0.25) is 0 Å². The summed E-state index contributed by atoms with van der Waals surface area (Å²) in [5.41, 5.74) is 3.74. The zero-order chi connectivity index (χ0) is 26.1. The van der Waals surface area contributed by atoms with E-state index in [4.69, 9.17) is 9.47 Å². The monoisotopic (exact) mass is 514 g/mol. The van der Waals surface area contributed by atoms with Crippen LogP contribution < -0.4 is 15.0 Å². The standard InChI is InChI=1S/C29H34N6O3/c1-3-25(28-31-32-33-35(28)23-6-4-5-7-23)34(17-20-10-8-19(2)9-11-20)18-22-14-21-15-26-27(38-13-12-37-26)16-24(21)30-29(22)36/h8-11,14-16,23,25H,3-7,12-13,17-18H2,1-2H3,(H,30,36)/t25-/m0/s1. The van der Waals surface area contributed by atoms with Gasteiger partial charge in [0.05, 0.1) is 17.6 Å². The fourth-order valence-electron chi connectivity index (χ4n) is 5.76. The van der Waals surface area contributed by atoms with Gasteiger partial charge in [0.25, 0.3) is 5.56 Å². The fraction of sp³-hybridized carbons (Fsp3) is 0.448. The number of H-pyrrole nitrogens is 1. The maximum Gasteiger partial charge on any atom is 0.252 e. The molecule has 0 spiro atoms. The lowest BCUT2D eigenvalue weighted by atomic mass is 10.1. The van der Waals surface area contributed by atoms with E-state index in [2.05, 4.69) is 63.5 Å². The van der Waals surface area contributed by atoms with Crippen molar-refractivity contribution in [3.63, 3.8) is 0 Å². The number of pyridine rings is 1. The van der Waals surface area contributed by atoms with Crippen molar-refractivity contribution in [2.24, 2.45) is 0 Å². The van der Waals surface area contributed by atoms with E-state index in [1.807, 2.05) is 22.9 Å². The lowest BCUT2D eigenvalue weighted by Crippen LogP contribution is -2.32. The second-order valence-electron chi connectivity index (χ2n) is 10.4. The highest BCUT2D eigenvalue weighted by molar-refractivity contribution is 5.83. The van der Waals surface area contributed by atoms with Crippen molar-refractivity contribution in [2.45, 2.75) is 71.1 Å². The van der Waals surface area contributed by atoms with Crippen LogP contribution >= 0.6 is 0 Å². The molecule has 0 unspecified atom stereocenters. The summed E-state index contributed by atoms with van der Waals surface area (Å²) >= 11 is 0. The van der Waals surface area contributed by atoms with E-state index < -0.39 is 0 Å². The Labute approximate surface area is 221 Å². The highest BCUT2D eigenvalue weighted by Gasteiger charge is 2.30. The topological polar surface area (TPSA) is 98.2 Å². The quantitative estimate of drug-likeness (QED) is 0.358. The van der Waals surface area contributed by atoms with Crippen LogP contribution in [0.5, 0.6) is 11.5 Å². The number of ether oxygens (including phenoxy) is 2. The van der Waals surface area contributed by atoms with Gasteiger partial charge in [-0.05, 0) is 54.3 Å². The third-order valence-corrected chi connectivity index (χ3v) is 7.78. The van der Waals surface area contributed by atoms with Crippen molar-refractivity contribution in [1.29, 1.82) is 0 Å². The van der Waals surface area contributed by atoms with Crippen molar-refractivity contribution in [2.75, 3.05) is 13.2 Å². The van der Waals surface area contributed by atoms with Crippen molar-refractivity contribution in [1.82, 2.24) is 30.1 Å². The number of hydrogen-bond acceptors (Lipinski definition) is 7. The Bertz CT molecular complexity index is 1470. The summed E-state index contributed by atoms with van der Waals surface area (Å²) < 4.78 is 13.5. The van der Waals surface area contributed by atoms with Gasteiger partial charge in [-0.2, -0.15) is 0 Å². The fourth-order valence-corrected chi connectivity index (χ4v) is 5.76. The van der Waals surface area contributed by atoms with E-state index in [-0.39, 0.29) is 11.6 Å². The van der Waals surface area contributed by atoms with Gasteiger partial charge in [0.2, 0.25) is 0 Å². The summed E-state index contributed by atoms with van der Waals surface area (Å²) in [6.07, 6.45) is 5.44. The Hall–Kier alpha value is -3.72. The maximum absolute atomic E-state index is 13.3. The van der Waals surface area contributed by atoms with Crippen molar-refractivity contribution >= 4 is 10.9 Å². The molecule has 0 amide bonds. The van der Waals surface area contributed by atoms with Crippen molar-refractivity contribution < 1.29 is 9.47 Å². The third kappa shape index (κ3) is 4.90. The zero-order valence-electron chi connectivity index (χ0n) is 22.0. The third-order valence-electron chi connectivity index (χ3n) is 7.78. The molecule has 198 valence electrons. The molecule has 3 heterocycles. The average Bonchev–Trinajstić information content (AvgIpc) is 3.62. The Morgan fingerprint density at radius 2 is 1.79 bits per heavy atom. The number of fused-ring (bicyclic) bond motifs is 2. The average molecular weight is 515 g/mol. The molecule has 1 aliphatic carbocycles. The molecule has 1 N–H and O–H groups in total. The van der Waals surface area contributed by atoms with E-state index in [0.29, 0.717) is 49.4 Å². The molecule has 9 heteroatoms. The number of nitrogens with one attached hydrogen (secondary N) is 1. The highest BCUT2D eigenvalue weighted by Crippen LogP contribution is 2.35. The zero-order valence-corrected chi connectivity index (χ0v) is 22.0. The van der Waals surface area contributed by atoms with Crippen LogP contribution in [0.4, 0.5) is 0 Å². The first-order valence-electron chi connectivity index (χ1n) is 13.6. The molecule has 0 bridgehead atoms. The minimum Gasteiger partial charge on any atom is -0.486 e. The van der Waals surface area contributed by atoms with Gasteiger partial charge in [0.1, 0.15) is 13.2 Å². The molecule has 0 radical (unpaired) electrons. The maximum atomic E-state index is 13.3. The number of nitrogens with zero attached hydrogens (tertiary/aromatic N) is 5. The number of tetrazole rings is 1. The Morgan fingerprint density at radius 3 is 2.53 bits per heavy atom. The molecule has 1 saturated carbocycles. The lowest BCUT2D eigenvalue weighted by Gasteiger charge is -2.31. The Balaban J connectivity index is 1.38. The van der Waals surface area contributed by atoms with E-state index >= 15 is 0 Å². The van der Waals surface area contributed by atoms with Crippen LogP contribution in [-0.2, 0) is 13.1 Å². The first-order valence-corrected chi connectivity index (χ1v) is 13.6. The number of rotatable bonds is 8. The molecular weight excluding hydrogens is 480 g/mol. The van der Waals surface area contributed by atoms with Crippen molar-refractivity contribution in [3.8, 4) is 11.5 Å². The molecular formula is C29H34N6O3. The SMILES string of the molecule is CC[C@@H](c1nnnn1C1CCCC1)N(Cc1ccc(C)cc1)Cc1cc2cc3c(cc2[nH]c1=O)OCCO3. The molecule has 6 rings (SSSR count). The van der Waals surface area contributed by atoms with Gasteiger partial charge in [0, 0.05) is 30.1 Å². The van der Waals surface area contributed by atoms with Gasteiger partial charge in [-0.1, -0.05) is 49.6 Å². The van der Waals surface area contributed by atoms with Gasteiger partial charge >= 0.3 is 0 Å². The Kier molecular flexibility index (Phi) is 6.84. The lowest BCUT2D eigenvalue weighted by molar-refractivity contribution is 0.158. The van der Waals surface area contributed by atoms with Crippen molar-refractivity contribution in [3.05, 3.63) is 75.3 Å². The predicted octanol–water partition coefficient (Wildman–Crippen LogP) is 4.86.